The third kappa shape index (κ3) is 1.94. The van der Waals surface area contributed by atoms with Gasteiger partial charge in [-0.2, -0.15) is 0 Å². The highest BCUT2D eigenvalue weighted by Crippen LogP contribution is 2.20. The summed E-state index contributed by atoms with van der Waals surface area (Å²) in [6.45, 7) is 1.01. The van der Waals surface area contributed by atoms with Crippen molar-refractivity contribution in [2.45, 2.75) is 13.0 Å². The Morgan fingerprint density at radius 1 is 1.38 bits per heavy atom. The summed E-state index contributed by atoms with van der Waals surface area (Å²) in [5.41, 5.74) is 7.69. The molecule has 0 aliphatic carbocycles. The van der Waals surface area contributed by atoms with Crippen molar-refractivity contribution < 1.29 is 5.11 Å². The molecule has 0 atom stereocenters. The molecule has 1 heterocycles. The summed E-state index contributed by atoms with van der Waals surface area (Å²) in [6.07, 6.45) is 2.75. The van der Waals surface area contributed by atoms with E-state index in [9.17, 15) is 0 Å². The third-order valence-corrected chi connectivity index (χ3v) is 2.86. The first-order valence-corrected chi connectivity index (χ1v) is 5.63. The lowest BCUT2D eigenvalue weighted by atomic mass is 10.1. The molecule has 0 unspecified atom stereocenters. The number of thiocarbonyl (C=S) groups is 1. The van der Waals surface area contributed by atoms with Gasteiger partial charge in [0.25, 0.3) is 0 Å². The summed E-state index contributed by atoms with van der Waals surface area (Å²) < 4.78 is 2.10. The van der Waals surface area contributed by atoms with Gasteiger partial charge in [0, 0.05) is 35.8 Å². The lowest BCUT2D eigenvalue weighted by Gasteiger charge is -2.05. The van der Waals surface area contributed by atoms with E-state index in [1.165, 1.54) is 0 Å². The highest BCUT2D eigenvalue weighted by atomic mass is 32.1. The largest absolute Gasteiger partial charge is 0.396 e. The van der Waals surface area contributed by atoms with Crippen molar-refractivity contribution in [1.29, 1.82) is 0 Å². The SMILES string of the molecule is NC(=S)c1cccc2c1ccn2CCCO. The summed E-state index contributed by atoms with van der Waals surface area (Å²) in [4.78, 5) is 0.422. The van der Waals surface area contributed by atoms with Crippen molar-refractivity contribution in [1.82, 2.24) is 4.57 Å². The van der Waals surface area contributed by atoms with Crippen molar-refractivity contribution in [3.05, 3.63) is 36.0 Å². The van der Waals surface area contributed by atoms with Gasteiger partial charge in [-0.05, 0) is 18.6 Å². The predicted molar refractivity (Wildman–Crippen MR) is 69.5 cm³/mol. The second-order valence-electron chi connectivity index (χ2n) is 3.69. The zero-order chi connectivity index (χ0) is 11.5. The molecule has 0 saturated carbocycles. The van der Waals surface area contributed by atoms with Gasteiger partial charge in [-0.25, -0.2) is 0 Å². The van der Waals surface area contributed by atoms with Gasteiger partial charge in [0.2, 0.25) is 0 Å². The number of nitrogens with zero attached hydrogens (tertiary/aromatic N) is 1. The van der Waals surface area contributed by atoms with Crippen molar-refractivity contribution in [2.24, 2.45) is 5.73 Å². The van der Waals surface area contributed by atoms with Crippen molar-refractivity contribution >= 4 is 28.1 Å². The normalized spacial score (nSPS) is 10.8. The number of fused-ring (bicyclic) bond motifs is 1. The molecular weight excluding hydrogens is 220 g/mol. The molecule has 2 rings (SSSR count). The maximum absolute atomic E-state index is 8.83. The molecule has 0 bridgehead atoms. The Kier molecular flexibility index (Phi) is 3.22. The molecule has 0 radical (unpaired) electrons. The van der Waals surface area contributed by atoms with Crippen LogP contribution in [0, 0.1) is 0 Å². The maximum atomic E-state index is 8.83. The van der Waals surface area contributed by atoms with Crippen LogP contribution in [0.25, 0.3) is 10.9 Å². The second kappa shape index (κ2) is 4.63. The van der Waals surface area contributed by atoms with Gasteiger partial charge in [0.1, 0.15) is 4.99 Å². The lowest BCUT2D eigenvalue weighted by Crippen LogP contribution is -2.09. The Balaban J connectivity index is 2.48. The minimum Gasteiger partial charge on any atom is -0.396 e. The number of hydrogen-bond acceptors (Lipinski definition) is 2. The zero-order valence-electron chi connectivity index (χ0n) is 8.89. The molecule has 3 nitrogen and oxygen atoms in total. The molecule has 16 heavy (non-hydrogen) atoms. The van der Waals surface area contributed by atoms with Gasteiger partial charge in [-0.1, -0.05) is 24.4 Å². The Morgan fingerprint density at radius 2 is 2.19 bits per heavy atom. The average Bonchev–Trinajstić information content (AvgIpc) is 2.69. The van der Waals surface area contributed by atoms with Crippen molar-refractivity contribution in [3.8, 4) is 0 Å². The van der Waals surface area contributed by atoms with Crippen LogP contribution < -0.4 is 5.73 Å². The Morgan fingerprint density at radius 3 is 2.88 bits per heavy atom. The number of aliphatic hydroxyl groups is 1. The van der Waals surface area contributed by atoms with Crippen LogP contribution in [0.4, 0.5) is 0 Å². The van der Waals surface area contributed by atoms with Gasteiger partial charge in [-0.15, -0.1) is 0 Å². The molecule has 4 heteroatoms. The van der Waals surface area contributed by atoms with E-state index < -0.39 is 0 Å². The first-order valence-electron chi connectivity index (χ1n) is 5.22. The number of benzene rings is 1. The molecule has 0 amide bonds. The summed E-state index contributed by atoms with van der Waals surface area (Å²) in [7, 11) is 0. The monoisotopic (exact) mass is 234 g/mol. The Bertz CT molecular complexity index is 519. The summed E-state index contributed by atoms with van der Waals surface area (Å²) >= 11 is 5.01. The summed E-state index contributed by atoms with van der Waals surface area (Å²) in [6, 6.07) is 7.93. The highest BCUT2D eigenvalue weighted by Gasteiger charge is 2.06. The second-order valence-corrected chi connectivity index (χ2v) is 4.13. The van der Waals surface area contributed by atoms with E-state index in [4.69, 9.17) is 23.1 Å². The molecule has 0 fully saturated rings. The van der Waals surface area contributed by atoms with Gasteiger partial charge >= 0.3 is 0 Å². The Hall–Kier alpha value is -1.39. The molecule has 1 aromatic carbocycles. The maximum Gasteiger partial charge on any atom is 0.104 e. The number of aliphatic hydroxyl groups excluding tert-OH is 1. The molecular formula is C12H14N2OS. The first-order chi connectivity index (χ1) is 7.74. The topological polar surface area (TPSA) is 51.2 Å². The fourth-order valence-corrected chi connectivity index (χ4v) is 2.05. The van der Waals surface area contributed by atoms with Crippen LogP contribution >= 0.6 is 12.2 Å². The van der Waals surface area contributed by atoms with Crippen LogP contribution in [-0.2, 0) is 6.54 Å². The quantitative estimate of drug-likeness (QED) is 0.791. The van der Waals surface area contributed by atoms with Gasteiger partial charge in [0.05, 0.1) is 0 Å². The van der Waals surface area contributed by atoms with E-state index >= 15 is 0 Å². The molecule has 0 aliphatic heterocycles. The van der Waals surface area contributed by atoms with Crippen molar-refractivity contribution in [2.75, 3.05) is 6.61 Å². The highest BCUT2D eigenvalue weighted by molar-refractivity contribution is 7.80. The van der Waals surface area contributed by atoms with Gasteiger partial charge in [0.15, 0.2) is 0 Å². The number of rotatable bonds is 4. The van der Waals surface area contributed by atoms with Crippen molar-refractivity contribution in [3.63, 3.8) is 0 Å². The van der Waals surface area contributed by atoms with E-state index in [2.05, 4.69) is 4.57 Å². The minimum atomic E-state index is 0.203. The van der Waals surface area contributed by atoms with E-state index in [-0.39, 0.29) is 6.61 Å². The number of nitrogens with two attached hydrogens (primary N) is 1. The number of aryl methyl sites for hydroxylation is 1. The lowest BCUT2D eigenvalue weighted by molar-refractivity contribution is 0.280. The molecule has 0 spiro atoms. The molecule has 0 aliphatic rings. The third-order valence-electron chi connectivity index (χ3n) is 2.64. The summed E-state index contributed by atoms with van der Waals surface area (Å²) in [5.74, 6) is 0. The predicted octanol–water partition coefficient (Wildman–Crippen LogP) is 1.66. The van der Waals surface area contributed by atoms with E-state index in [0.29, 0.717) is 4.99 Å². The minimum absolute atomic E-state index is 0.203. The van der Waals surface area contributed by atoms with E-state index in [0.717, 1.165) is 29.4 Å². The van der Waals surface area contributed by atoms with Crippen LogP contribution in [0.3, 0.4) is 0 Å². The molecule has 3 N–H and O–H groups in total. The molecule has 2 aromatic rings. The van der Waals surface area contributed by atoms with Crippen LogP contribution in [0.5, 0.6) is 0 Å². The van der Waals surface area contributed by atoms with E-state index in [1.54, 1.807) is 0 Å². The molecule has 0 saturated heterocycles. The van der Waals surface area contributed by atoms with Gasteiger partial charge < -0.3 is 15.4 Å². The molecule has 1 aromatic heterocycles. The number of hydrogen-bond donors (Lipinski definition) is 2. The average molecular weight is 234 g/mol. The smallest absolute Gasteiger partial charge is 0.104 e. The first kappa shape index (κ1) is 11.1. The fraction of sp³-hybridized carbons (Fsp3) is 0.250. The summed E-state index contributed by atoms with van der Waals surface area (Å²) in [5, 5.41) is 9.90. The van der Waals surface area contributed by atoms with Crippen LogP contribution in [0.15, 0.2) is 30.5 Å². The standard InChI is InChI=1S/C12H14N2OS/c13-12(16)10-3-1-4-11-9(10)5-7-14(11)6-2-8-15/h1,3-5,7,15H,2,6,8H2,(H2,13,16). The Labute approximate surface area is 99.5 Å². The zero-order valence-corrected chi connectivity index (χ0v) is 9.70. The van der Waals surface area contributed by atoms with Crippen LogP contribution in [-0.4, -0.2) is 21.3 Å². The van der Waals surface area contributed by atoms with Crippen LogP contribution in [0.2, 0.25) is 0 Å². The van der Waals surface area contributed by atoms with E-state index in [1.807, 2.05) is 30.5 Å². The fourth-order valence-electron chi connectivity index (χ4n) is 1.87. The van der Waals surface area contributed by atoms with Crippen LogP contribution in [0.1, 0.15) is 12.0 Å². The number of aromatic nitrogens is 1. The van der Waals surface area contributed by atoms with Gasteiger partial charge in [-0.3, -0.25) is 0 Å². The molecule has 84 valence electrons.